The average molecular weight is 259 g/mol. The van der Waals surface area contributed by atoms with Crippen molar-refractivity contribution in [2.45, 2.75) is 18.9 Å². The molecule has 1 fully saturated rings. The van der Waals surface area contributed by atoms with Crippen molar-refractivity contribution in [3.8, 4) is 0 Å². The van der Waals surface area contributed by atoms with Crippen LogP contribution in [0.25, 0.3) is 0 Å². The smallest absolute Gasteiger partial charge is 0.251 e. The Hall–Kier alpha value is -2.04. The summed E-state index contributed by atoms with van der Waals surface area (Å²) in [6, 6.07) is 5.27. The van der Waals surface area contributed by atoms with Gasteiger partial charge in [0.2, 0.25) is 5.91 Å². The van der Waals surface area contributed by atoms with Crippen LogP contribution in [0.3, 0.4) is 0 Å². The zero-order valence-electron chi connectivity index (χ0n) is 10.9. The summed E-state index contributed by atoms with van der Waals surface area (Å²) in [6.07, 6.45) is 1.63. The van der Waals surface area contributed by atoms with Crippen molar-refractivity contribution >= 4 is 17.5 Å². The van der Waals surface area contributed by atoms with Gasteiger partial charge in [-0.15, -0.1) is 0 Å². The number of amides is 2. The highest BCUT2D eigenvalue weighted by molar-refractivity contribution is 5.98. The van der Waals surface area contributed by atoms with Crippen LogP contribution < -0.4 is 10.6 Å². The molecule has 2 amide bonds. The molecule has 2 aliphatic heterocycles. The van der Waals surface area contributed by atoms with Gasteiger partial charge in [-0.2, -0.15) is 0 Å². The molecule has 2 aliphatic rings. The summed E-state index contributed by atoms with van der Waals surface area (Å²) < 4.78 is 0. The van der Waals surface area contributed by atoms with Crippen LogP contribution in [-0.2, 0) is 11.2 Å². The molecule has 100 valence electrons. The standard InChI is InChI=1S/C14H17N3O2/c1-17-7-5-12(14(17)19)16-13(18)10-2-3-11-9(8-10)4-6-15-11/h2-3,8,12,15H,4-7H2,1H3,(H,16,18). The highest BCUT2D eigenvalue weighted by Crippen LogP contribution is 2.23. The van der Waals surface area contributed by atoms with E-state index in [-0.39, 0.29) is 17.9 Å². The van der Waals surface area contributed by atoms with Crippen molar-refractivity contribution < 1.29 is 9.59 Å². The first-order valence-corrected chi connectivity index (χ1v) is 6.58. The number of likely N-dealkylation sites (tertiary alicyclic amines) is 1. The maximum Gasteiger partial charge on any atom is 0.251 e. The van der Waals surface area contributed by atoms with E-state index in [9.17, 15) is 9.59 Å². The van der Waals surface area contributed by atoms with Crippen molar-refractivity contribution in [1.82, 2.24) is 10.2 Å². The van der Waals surface area contributed by atoms with E-state index >= 15 is 0 Å². The van der Waals surface area contributed by atoms with Crippen LogP contribution in [0.2, 0.25) is 0 Å². The van der Waals surface area contributed by atoms with Crippen LogP contribution in [0.5, 0.6) is 0 Å². The molecule has 0 saturated carbocycles. The summed E-state index contributed by atoms with van der Waals surface area (Å²) in [5, 5.41) is 6.08. The van der Waals surface area contributed by atoms with Crippen molar-refractivity contribution in [3.63, 3.8) is 0 Å². The Morgan fingerprint density at radius 3 is 3.05 bits per heavy atom. The first-order chi connectivity index (χ1) is 9.15. The lowest BCUT2D eigenvalue weighted by Crippen LogP contribution is -2.40. The molecule has 0 bridgehead atoms. The fourth-order valence-electron chi connectivity index (χ4n) is 2.64. The quantitative estimate of drug-likeness (QED) is 0.818. The number of anilines is 1. The molecule has 1 saturated heterocycles. The summed E-state index contributed by atoms with van der Waals surface area (Å²) >= 11 is 0. The van der Waals surface area contributed by atoms with Gasteiger partial charge in [-0.1, -0.05) is 0 Å². The number of hydrogen-bond donors (Lipinski definition) is 2. The lowest BCUT2D eigenvalue weighted by molar-refractivity contribution is -0.128. The molecule has 5 heteroatoms. The van der Waals surface area contributed by atoms with E-state index in [4.69, 9.17) is 0 Å². The summed E-state index contributed by atoms with van der Waals surface area (Å²) in [5.74, 6) is -0.167. The van der Waals surface area contributed by atoms with E-state index in [1.807, 2.05) is 12.1 Å². The van der Waals surface area contributed by atoms with Gasteiger partial charge < -0.3 is 15.5 Å². The fraction of sp³-hybridized carbons (Fsp3) is 0.429. The largest absolute Gasteiger partial charge is 0.384 e. The van der Waals surface area contributed by atoms with Gasteiger partial charge in [-0.25, -0.2) is 0 Å². The normalized spacial score (nSPS) is 21.2. The number of likely N-dealkylation sites (N-methyl/N-ethyl adjacent to an activating group) is 1. The second-order valence-corrected chi connectivity index (χ2v) is 5.12. The lowest BCUT2D eigenvalue weighted by atomic mass is 10.1. The van der Waals surface area contributed by atoms with Gasteiger partial charge in [0, 0.05) is 31.4 Å². The van der Waals surface area contributed by atoms with Gasteiger partial charge in [0.25, 0.3) is 5.91 Å². The van der Waals surface area contributed by atoms with Crippen molar-refractivity contribution in [2.75, 3.05) is 25.5 Å². The second kappa shape index (κ2) is 4.57. The number of rotatable bonds is 2. The van der Waals surface area contributed by atoms with E-state index in [1.54, 1.807) is 18.0 Å². The van der Waals surface area contributed by atoms with Crippen LogP contribution in [0, 0.1) is 0 Å². The maximum atomic E-state index is 12.2. The van der Waals surface area contributed by atoms with Gasteiger partial charge in [-0.3, -0.25) is 9.59 Å². The van der Waals surface area contributed by atoms with E-state index < -0.39 is 0 Å². The van der Waals surface area contributed by atoms with Crippen LogP contribution >= 0.6 is 0 Å². The lowest BCUT2D eigenvalue weighted by Gasteiger charge is -2.12. The Morgan fingerprint density at radius 2 is 2.32 bits per heavy atom. The first kappa shape index (κ1) is 12.0. The van der Waals surface area contributed by atoms with Crippen LogP contribution in [0.1, 0.15) is 22.3 Å². The van der Waals surface area contributed by atoms with Crippen molar-refractivity contribution in [2.24, 2.45) is 0 Å². The topological polar surface area (TPSA) is 61.4 Å². The van der Waals surface area contributed by atoms with Gasteiger partial charge in [0.15, 0.2) is 0 Å². The predicted octanol–water partition coefficient (Wildman–Crippen LogP) is 0.615. The number of benzene rings is 1. The molecule has 1 unspecified atom stereocenters. The molecule has 19 heavy (non-hydrogen) atoms. The Kier molecular flexibility index (Phi) is 2.89. The van der Waals surface area contributed by atoms with Crippen LogP contribution in [0.4, 0.5) is 5.69 Å². The van der Waals surface area contributed by atoms with E-state index in [2.05, 4.69) is 10.6 Å². The number of carbonyl (C=O) groups excluding carboxylic acids is 2. The molecular weight excluding hydrogens is 242 g/mol. The molecule has 1 aromatic carbocycles. The molecule has 1 aromatic rings. The maximum absolute atomic E-state index is 12.2. The van der Waals surface area contributed by atoms with Crippen molar-refractivity contribution in [1.29, 1.82) is 0 Å². The summed E-state index contributed by atoms with van der Waals surface area (Å²) in [5.41, 5.74) is 2.90. The van der Waals surface area contributed by atoms with Gasteiger partial charge in [0.1, 0.15) is 6.04 Å². The van der Waals surface area contributed by atoms with Crippen molar-refractivity contribution in [3.05, 3.63) is 29.3 Å². The predicted molar refractivity (Wildman–Crippen MR) is 72.1 cm³/mol. The highest BCUT2D eigenvalue weighted by Gasteiger charge is 2.30. The summed E-state index contributed by atoms with van der Waals surface area (Å²) in [4.78, 5) is 25.6. The molecule has 0 aliphatic carbocycles. The minimum Gasteiger partial charge on any atom is -0.384 e. The molecule has 0 radical (unpaired) electrons. The Bertz CT molecular complexity index is 541. The Balaban J connectivity index is 1.72. The van der Waals surface area contributed by atoms with E-state index in [0.29, 0.717) is 18.5 Å². The monoisotopic (exact) mass is 259 g/mol. The first-order valence-electron chi connectivity index (χ1n) is 6.58. The number of hydrogen-bond acceptors (Lipinski definition) is 3. The molecule has 5 nitrogen and oxygen atoms in total. The van der Waals surface area contributed by atoms with Gasteiger partial charge >= 0.3 is 0 Å². The van der Waals surface area contributed by atoms with Crippen LogP contribution in [0.15, 0.2) is 18.2 Å². The fourth-order valence-corrected chi connectivity index (χ4v) is 2.64. The zero-order valence-corrected chi connectivity index (χ0v) is 10.9. The SMILES string of the molecule is CN1CCC(NC(=O)c2ccc3c(c2)CCN3)C1=O. The van der Waals surface area contributed by atoms with Gasteiger partial charge in [0.05, 0.1) is 0 Å². The number of carbonyl (C=O) groups is 2. The zero-order chi connectivity index (χ0) is 13.4. The number of nitrogens with zero attached hydrogens (tertiary/aromatic N) is 1. The minimum atomic E-state index is -0.371. The molecular formula is C14H17N3O2. The number of fused-ring (bicyclic) bond motifs is 1. The Morgan fingerprint density at radius 1 is 1.47 bits per heavy atom. The molecule has 1 atom stereocenters. The third-order valence-corrected chi connectivity index (χ3v) is 3.81. The minimum absolute atomic E-state index is 0.00354. The molecule has 0 spiro atoms. The van der Waals surface area contributed by atoms with E-state index in [1.165, 1.54) is 5.56 Å². The molecule has 3 rings (SSSR count). The van der Waals surface area contributed by atoms with E-state index in [0.717, 1.165) is 18.7 Å². The molecule has 0 aromatic heterocycles. The number of nitrogens with one attached hydrogen (secondary N) is 2. The van der Waals surface area contributed by atoms with Crippen LogP contribution in [-0.4, -0.2) is 42.9 Å². The Labute approximate surface area is 112 Å². The average Bonchev–Trinajstić information content (AvgIpc) is 2.99. The van der Waals surface area contributed by atoms with Gasteiger partial charge in [-0.05, 0) is 36.6 Å². The molecule has 2 N–H and O–H groups in total. The highest BCUT2D eigenvalue weighted by atomic mass is 16.2. The third kappa shape index (κ3) is 2.16. The second-order valence-electron chi connectivity index (χ2n) is 5.12. The summed E-state index contributed by atoms with van der Waals surface area (Å²) in [7, 11) is 1.76. The third-order valence-electron chi connectivity index (χ3n) is 3.81. The molecule has 2 heterocycles. The summed E-state index contributed by atoms with van der Waals surface area (Å²) in [6.45, 7) is 1.63.